The number of hydrogen-bond acceptors (Lipinski definition) is 4. The Kier molecular flexibility index (Phi) is 4.50. The monoisotopic (exact) mass is 424 g/mol. The van der Waals surface area contributed by atoms with Crippen molar-refractivity contribution in [3.05, 3.63) is 41.3 Å². The summed E-state index contributed by atoms with van der Waals surface area (Å²) in [6, 6.07) is 4.17. The minimum absolute atomic E-state index is 0.0746. The van der Waals surface area contributed by atoms with Crippen LogP contribution in [0.5, 0.6) is 5.75 Å². The van der Waals surface area contributed by atoms with E-state index in [0.29, 0.717) is 11.8 Å². The van der Waals surface area contributed by atoms with Gasteiger partial charge in [0.25, 0.3) is 0 Å². The summed E-state index contributed by atoms with van der Waals surface area (Å²) in [6.07, 6.45) is 6.27. The zero-order valence-corrected chi connectivity index (χ0v) is 19.7. The fourth-order valence-corrected chi connectivity index (χ4v) is 7.97. The summed E-state index contributed by atoms with van der Waals surface area (Å²) in [5.74, 6) is 1.47. The van der Waals surface area contributed by atoms with E-state index in [2.05, 4.69) is 40.7 Å². The molecular weight excluding hydrogens is 388 g/mol. The predicted molar refractivity (Wildman–Crippen MR) is 121 cm³/mol. The Morgan fingerprint density at radius 1 is 1.10 bits per heavy atom. The molecule has 2 N–H and O–H groups in total. The maximum atomic E-state index is 11.6. The lowest BCUT2D eigenvalue weighted by molar-refractivity contribution is -0.181. The summed E-state index contributed by atoms with van der Waals surface area (Å²) < 4.78 is 11.2. The van der Waals surface area contributed by atoms with E-state index in [4.69, 9.17) is 9.15 Å². The smallest absolute Gasteiger partial charge is 0.127 e. The quantitative estimate of drug-likeness (QED) is 0.690. The van der Waals surface area contributed by atoms with Crippen molar-refractivity contribution >= 4 is 0 Å². The van der Waals surface area contributed by atoms with Crippen LogP contribution in [-0.4, -0.2) is 29.5 Å². The topological polar surface area (TPSA) is 62.8 Å². The number of furan rings is 1. The molecule has 0 spiro atoms. The van der Waals surface area contributed by atoms with Gasteiger partial charge in [-0.2, -0.15) is 0 Å². The number of methoxy groups -OCH3 is 1. The van der Waals surface area contributed by atoms with Crippen molar-refractivity contribution < 1.29 is 19.4 Å². The van der Waals surface area contributed by atoms with E-state index in [-0.39, 0.29) is 22.3 Å². The zero-order valence-electron chi connectivity index (χ0n) is 19.7. The molecule has 3 aliphatic rings. The summed E-state index contributed by atoms with van der Waals surface area (Å²) in [6.45, 7) is 11.3. The van der Waals surface area contributed by atoms with Crippen molar-refractivity contribution in [1.29, 1.82) is 0 Å². The molecule has 1 heterocycles. The molecule has 4 nitrogen and oxygen atoms in total. The van der Waals surface area contributed by atoms with Gasteiger partial charge in [0.05, 0.1) is 31.8 Å². The lowest BCUT2D eigenvalue weighted by atomic mass is 9.42. The van der Waals surface area contributed by atoms with Gasteiger partial charge in [-0.05, 0) is 84.1 Å². The molecule has 4 heteroatoms. The minimum Gasteiger partial charge on any atom is -0.496 e. The highest BCUT2D eigenvalue weighted by atomic mass is 16.5. The van der Waals surface area contributed by atoms with Crippen molar-refractivity contribution in [2.24, 2.45) is 22.7 Å². The molecule has 31 heavy (non-hydrogen) atoms. The van der Waals surface area contributed by atoms with Gasteiger partial charge < -0.3 is 19.4 Å². The first kappa shape index (κ1) is 21.1. The Bertz CT molecular complexity index is 1010. The summed E-state index contributed by atoms with van der Waals surface area (Å²) >= 11 is 0. The summed E-state index contributed by atoms with van der Waals surface area (Å²) in [4.78, 5) is 0. The highest BCUT2D eigenvalue weighted by Gasteiger charge is 2.65. The van der Waals surface area contributed by atoms with Crippen LogP contribution >= 0.6 is 0 Å². The van der Waals surface area contributed by atoms with Gasteiger partial charge in [-0.15, -0.1) is 0 Å². The van der Waals surface area contributed by atoms with Crippen LogP contribution in [0, 0.1) is 29.6 Å². The van der Waals surface area contributed by atoms with Crippen LogP contribution in [0.2, 0.25) is 0 Å². The number of fused-ring (bicyclic) bond motifs is 5. The largest absolute Gasteiger partial charge is 0.496 e. The average Bonchev–Trinajstić information content (AvgIpc) is 3.35. The van der Waals surface area contributed by atoms with Gasteiger partial charge in [0.1, 0.15) is 5.75 Å². The number of hydrogen-bond donors (Lipinski definition) is 2. The minimum atomic E-state index is -0.440. The fourth-order valence-electron chi connectivity index (χ4n) is 7.97. The van der Waals surface area contributed by atoms with Crippen LogP contribution in [-0.2, 0) is 11.8 Å². The fraction of sp³-hybridized carbons (Fsp3) is 0.630. The van der Waals surface area contributed by atoms with E-state index in [1.54, 1.807) is 19.6 Å². The Hall–Kier alpha value is -1.78. The van der Waals surface area contributed by atoms with Crippen LogP contribution in [0.3, 0.4) is 0 Å². The molecule has 0 saturated heterocycles. The number of ether oxygens (including phenoxy) is 1. The number of aliphatic hydroxyl groups is 2. The molecule has 0 radical (unpaired) electrons. The van der Waals surface area contributed by atoms with E-state index < -0.39 is 6.10 Å². The lowest BCUT2D eigenvalue weighted by Crippen LogP contribution is -2.63. The van der Waals surface area contributed by atoms with Gasteiger partial charge in [0.2, 0.25) is 0 Å². The Morgan fingerprint density at radius 3 is 2.48 bits per heavy atom. The van der Waals surface area contributed by atoms with Gasteiger partial charge >= 0.3 is 0 Å². The Balaban J connectivity index is 1.69. The third-order valence-corrected chi connectivity index (χ3v) is 9.87. The molecule has 0 aliphatic heterocycles. The number of aliphatic hydroxyl groups excluding tert-OH is 2. The Labute approximate surface area is 185 Å². The van der Waals surface area contributed by atoms with Gasteiger partial charge in [0, 0.05) is 16.5 Å². The van der Waals surface area contributed by atoms with Crippen LogP contribution < -0.4 is 4.74 Å². The van der Waals surface area contributed by atoms with Gasteiger partial charge in [-0.3, -0.25) is 0 Å². The lowest BCUT2D eigenvalue weighted by Gasteiger charge is -2.63. The molecule has 1 aromatic heterocycles. The molecule has 6 atom stereocenters. The van der Waals surface area contributed by atoms with Gasteiger partial charge in [-0.25, -0.2) is 0 Å². The van der Waals surface area contributed by atoms with Crippen LogP contribution in [0.25, 0.3) is 11.1 Å². The first-order valence-corrected chi connectivity index (χ1v) is 11.7. The first-order valence-electron chi connectivity index (χ1n) is 11.7. The SMILES string of the molecule is COc1cc2c(c(C)c1-c1ccoc1)C[C@@H]1[C@@]3(C)CC[C@H](O)C(C)(C)[C@@H]3C[C@@H](O)[C@@]21C. The van der Waals surface area contributed by atoms with E-state index in [0.717, 1.165) is 42.6 Å². The Morgan fingerprint density at radius 2 is 1.84 bits per heavy atom. The molecule has 2 aromatic rings. The molecule has 5 rings (SSSR count). The van der Waals surface area contributed by atoms with E-state index in [9.17, 15) is 10.2 Å². The zero-order chi connectivity index (χ0) is 22.3. The van der Waals surface area contributed by atoms with E-state index >= 15 is 0 Å². The molecule has 0 unspecified atom stereocenters. The third-order valence-electron chi connectivity index (χ3n) is 9.87. The molecule has 1 aromatic carbocycles. The van der Waals surface area contributed by atoms with Crippen LogP contribution in [0.4, 0.5) is 0 Å². The number of rotatable bonds is 2. The first-order chi connectivity index (χ1) is 14.6. The molecule has 168 valence electrons. The summed E-state index contributed by atoms with van der Waals surface area (Å²) in [5, 5.41) is 22.4. The molecule has 0 amide bonds. The van der Waals surface area contributed by atoms with Crippen LogP contribution in [0.15, 0.2) is 29.1 Å². The van der Waals surface area contributed by atoms with Crippen molar-refractivity contribution in [1.82, 2.24) is 0 Å². The van der Waals surface area contributed by atoms with Gasteiger partial charge in [-0.1, -0.05) is 27.7 Å². The van der Waals surface area contributed by atoms with Crippen molar-refractivity contribution in [2.45, 2.75) is 77.9 Å². The summed E-state index contributed by atoms with van der Waals surface area (Å²) in [5.41, 5.74) is 5.52. The number of benzene rings is 1. The summed E-state index contributed by atoms with van der Waals surface area (Å²) in [7, 11) is 1.72. The molecule has 2 saturated carbocycles. The molecule has 3 aliphatic carbocycles. The third kappa shape index (κ3) is 2.55. The molecular formula is C27H36O4. The van der Waals surface area contributed by atoms with E-state index in [1.165, 1.54) is 16.7 Å². The van der Waals surface area contributed by atoms with Crippen LogP contribution in [0.1, 0.15) is 63.6 Å². The molecule has 0 bridgehead atoms. The second-order valence-corrected chi connectivity index (χ2v) is 11.3. The normalized spacial score (nSPS) is 38.3. The second kappa shape index (κ2) is 6.62. The molecule has 2 fully saturated rings. The second-order valence-electron chi connectivity index (χ2n) is 11.3. The standard InChI is InChI=1S/C27H36O4/c1-15-17-11-21-26(4)9-7-22(28)25(2,3)20(26)13-23(29)27(21,5)18(17)12-19(30-6)24(15)16-8-10-31-14-16/h8,10,12,14,20-23,28-29H,7,9,11,13H2,1-6H3/t20-,21+,22-,23+,26-,27-/m0/s1. The van der Waals surface area contributed by atoms with E-state index in [1.807, 2.05) is 6.07 Å². The highest BCUT2D eigenvalue weighted by molar-refractivity contribution is 5.76. The maximum Gasteiger partial charge on any atom is 0.127 e. The van der Waals surface area contributed by atoms with Gasteiger partial charge in [0.15, 0.2) is 0 Å². The van der Waals surface area contributed by atoms with Crippen molar-refractivity contribution in [2.75, 3.05) is 7.11 Å². The average molecular weight is 425 g/mol. The maximum absolute atomic E-state index is 11.6. The van der Waals surface area contributed by atoms with Crippen molar-refractivity contribution in [3.63, 3.8) is 0 Å². The van der Waals surface area contributed by atoms with Crippen molar-refractivity contribution in [3.8, 4) is 16.9 Å². The predicted octanol–water partition coefficient (Wildman–Crippen LogP) is 5.26. The highest BCUT2D eigenvalue weighted by Crippen LogP contribution is 2.68.